The summed E-state index contributed by atoms with van der Waals surface area (Å²) in [6.07, 6.45) is 7.47. The Balaban J connectivity index is 1.54. The third-order valence-electron chi connectivity index (χ3n) is 4.88. The molecule has 3 rings (SSSR count). The number of piperazine rings is 1. The molecule has 0 unspecified atom stereocenters. The molecule has 0 N–H and O–H groups in total. The Labute approximate surface area is 122 Å². The van der Waals surface area contributed by atoms with Crippen molar-refractivity contribution in [3.63, 3.8) is 0 Å². The molecule has 4 heteroatoms. The molecular weight excluding hydrogens is 248 g/mol. The minimum absolute atomic E-state index is 0.826. The van der Waals surface area contributed by atoms with E-state index in [-0.39, 0.29) is 0 Å². The highest BCUT2D eigenvalue weighted by Gasteiger charge is 2.27. The van der Waals surface area contributed by atoms with Crippen LogP contribution in [0.15, 0.2) is 12.3 Å². The molecule has 0 radical (unpaired) electrons. The Bertz CT molecular complexity index is 432. The molecule has 1 aromatic heterocycles. The molecule has 2 heterocycles. The summed E-state index contributed by atoms with van der Waals surface area (Å²) in [6, 6.07) is 2.79. The average Bonchev–Trinajstić information content (AvgIpc) is 2.48. The molecule has 20 heavy (non-hydrogen) atoms. The number of nitrogens with zero attached hydrogens (tertiary/aromatic N) is 4. The van der Waals surface area contributed by atoms with E-state index >= 15 is 0 Å². The van der Waals surface area contributed by atoms with E-state index in [0.717, 1.165) is 49.8 Å². The van der Waals surface area contributed by atoms with Gasteiger partial charge in [-0.15, -0.1) is 0 Å². The van der Waals surface area contributed by atoms with Gasteiger partial charge in [0.2, 0.25) is 5.95 Å². The first kappa shape index (κ1) is 13.8. The molecule has 0 amide bonds. The van der Waals surface area contributed by atoms with Crippen molar-refractivity contribution in [3.05, 3.63) is 18.0 Å². The molecule has 1 aliphatic carbocycles. The van der Waals surface area contributed by atoms with Gasteiger partial charge in [-0.25, -0.2) is 9.97 Å². The number of aromatic nitrogens is 2. The van der Waals surface area contributed by atoms with Gasteiger partial charge in [-0.3, -0.25) is 4.90 Å². The Morgan fingerprint density at radius 2 is 1.75 bits per heavy atom. The zero-order chi connectivity index (χ0) is 13.9. The first-order valence-electron chi connectivity index (χ1n) is 8.01. The second-order valence-corrected chi connectivity index (χ2v) is 6.43. The van der Waals surface area contributed by atoms with Crippen molar-refractivity contribution >= 4 is 5.95 Å². The third kappa shape index (κ3) is 3.11. The average molecular weight is 274 g/mol. The van der Waals surface area contributed by atoms with Crippen LogP contribution < -0.4 is 4.90 Å². The molecule has 0 atom stereocenters. The van der Waals surface area contributed by atoms with Gasteiger partial charge in [0.05, 0.1) is 0 Å². The normalized spacial score (nSPS) is 28.6. The van der Waals surface area contributed by atoms with Crippen molar-refractivity contribution in [2.75, 3.05) is 31.1 Å². The fourth-order valence-corrected chi connectivity index (χ4v) is 3.48. The van der Waals surface area contributed by atoms with Crippen LogP contribution in [0.2, 0.25) is 0 Å². The van der Waals surface area contributed by atoms with Crippen molar-refractivity contribution < 1.29 is 0 Å². The molecule has 1 saturated heterocycles. The van der Waals surface area contributed by atoms with Crippen LogP contribution in [0.25, 0.3) is 0 Å². The van der Waals surface area contributed by atoms with E-state index < -0.39 is 0 Å². The molecule has 1 saturated carbocycles. The van der Waals surface area contributed by atoms with Gasteiger partial charge in [0.25, 0.3) is 0 Å². The van der Waals surface area contributed by atoms with Crippen LogP contribution in [-0.2, 0) is 0 Å². The lowest BCUT2D eigenvalue weighted by Gasteiger charge is -2.41. The Kier molecular flexibility index (Phi) is 4.20. The van der Waals surface area contributed by atoms with Gasteiger partial charge in [0.1, 0.15) is 0 Å². The van der Waals surface area contributed by atoms with Gasteiger partial charge < -0.3 is 4.90 Å². The summed E-state index contributed by atoms with van der Waals surface area (Å²) < 4.78 is 0. The van der Waals surface area contributed by atoms with E-state index in [1.165, 1.54) is 25.7 Å². The summed E-state index contributed by atoms with van der Waals surface area (Å²) in [5.74, 6) is 1.84. The summed E-state index contributed by atoms with van der Waals surface area (Å²) in [5.41, 5.74) is 1.05. The molecule has 0 bridgehead atoms. The predicted octanol–water partition coefficient (Wildman–Crippen LogP) is 2.49. The zero-order valence-electron chi connectivity index (χ0n) is 12.8. The Morgan fingerprint density at radius 3 is 2.40 bits per heavy atom. The number of hydrogen-bond donors (Lipinski definition) is 0. The molecular formula is C16H26N4. The minimum atomic E-state index is 0.826. The van der Waals surface area contributed by atoms with Crippen molar-refractivity contribution in [1.29, 1.82) is 0 Å². The molecule has 2 aliphatic rings. The van der Waals surface area contributed by atoms with E-state index in [1.54, 1.807) is 0 Å². The van der Waals surface area contributed by atoms with Crippen LogP contribution in [-0.4, -0.2) is 47.1 Å². The molecule has 110 valence electrons. The summed E-state index contributed by atoms with van der Waals surface area (Å²) >= 11 is 0. The van der Waals surface area contributed by atoms with E-state index in [4.69, 9.17) is 0 Å². The number of hydrogen-bond acceptors (Lipinski definition) is 4. The highest BCUT2D eigenvalue weighted by atomic mass is 15.3. The molecule has 1 aliphatic heterocycles. The van der Waals surface area contributed by atoms with Crippen LogP contribution in [0, 0.1) is 12.8 Å². The smallest absolute Gasteiger partial charge is 0.225 e. The molecule has 2 fully saturated rings. The monoisotopic (exact) mass is 274 g/mol. The lowest BCUT2D eigenvalue weighted by molar-refractivity contribution is 0.132. The number of rotatable bonds is 2. The summed E-state index contributed by atoms with van der Waals surface area (Å²) in [4.78, 5) is 14.0. The molecule has 0 spiro atoms. The second kappa shape index (κ2) is 6.08. The highest BCUT2D eigenvalue weighted by Crippen LogP contribution is 2.27. The van der Waals surface area contributed by atoms with E-state index in [0.29, 0.717) is 0 Å². The largest absolute Gasteiger partial charge is 0.338 e. The molecule has 0 aromatic carbocycles. The van der Waals surface area contributed by atoms with Crippen LogP contribution >= 0.6 is 0 Å². The van der Waals surface area contributed by atoms with Crippen molar-refractivity contribution in [1.82, 2.24) is 14.9 Å². The number of anilines is 1. The summed E-state index contributed by atoms with van der Waals surface area (Å²) in [5, 5.41) is 0. The standard InChI is InChI=1S/C16H26N4/c1-13-3-5-15(6-4-13)19-9-11-20(12-10-19)16-17-8-7-14(2)18-16/h7-8,13,15H,3-6,9-12H2,1-2H3. The van der Waals surface area contributed by atoms with Crippen molar-refractivity contribution in [2.45, 2.75) is 45.6 Å². The van der Waals surface area contributed by atoms with Gasteiger partial charge in [-0.05, 0) is 44.6 Å². The summed E-state index contributed by atoms with van der Waals surface area (Å²) in [7, 11) is 0. The minimum Gasteiger partial charge on any atom is -0.338 e. The van der Waals surface area contributed by atoms with E-state index in [9.17, 15) is 0 Å². The lowest BCUT2D eigenvalue weighted by atomic mass is 9.86. The first-order chi connectivity index (χ1) is 9.72. The maximum atomic E-state index is 4.54. The van der Waals surface area contributed by atoms with Crippen molar-refractivity contribution in [3.8, 4) is 0 Å². The third-order valence-corrected chi connectivity index (χ3v) is 4.88. The first-order valence-corrected chi connectivity index (χ1v) is 8.01. The molecule has 1 aromatic rings. The highest BCUT2D eigenvalue weighted by molar-refractivity contribution is 5.30. The van der Waals surface area contributed by atoms with Gasteiger partial charge in [-0.1, -0.05) is 6.92 Å². The second-order valence-electron chi connectivity index (χ2n) is 6.43. The van der Waals surface area contributed by atoms with Crippen LogP contribution in [0.1, 0.15) is 38.3 Å². The quantitative estimate of drug-likeness (QED) is 0.829. The van der Waals surface area contributed by atoms with Gasteiger partial charge in [0, 0.05) is 44.1 Å². The van der Waals surface area contributed by atoms with Crippen molar-refractivity contribution in [2.24, 2.45) is 5.92 Å². The van der Waals surface area contributed by atoms with Crippen LogP contribution in [0.5, 0.6) is 0 Å². The van der Waals surface area contributed by atoms with Gasteiger partial charge >= 0.3 is 0 Å². The zero-order valence-corrected chi connectivity index (χ0v) is 12.8. The molecule has 4 nitrogen and oxygen atoms in total. The predicted molar refractivity (Wildman–Crippen MR) is 82.0 cm³/mol. The fraction of sp³-hybridized carbons (Fsp3) is 0.750. The maximum Gasteiger partial charge on any atom is 0.225 e. The maximum absolute atomic E-state index is 4.54. The Morgan fingerprint density at radius 1 is 1.05 bits per heavy atom. The van der Waals surface area contributed by atoms with Crippen LogP contribution in [0.4, 0.5) is 5.95 Å². The number of aryl methyl sites for hydroxylation is 1. The fourth-order valence-electron chi connectivity index (χ4n) is 3.48. The lowest BCUT2D eigenvalue weighted by Crippen LogP contribution is -2.51. The van der Waals surface area contributed by atoms with E-state index in [1.807, 2.05) is 19.2 Å². The van der Waals surface area contributed by atoms with E-state index in [2.05, 4.69) is 26.7 Å². The summed E-state index contributed by atoms with van der Waals surface area (Å²) in [6.45, 7) is 8.88. The van der Waals surface area contributed by atoms with Gasteiger partial charge in [0.15, 0.2) is 0 Å². The SMILES string of the molecule is Cc1ccnc(N2CCN(C3CCC(C)CC3)CC2)n1. The van der Waals surface area contributed by atoms with Gasteiger partial charge in [-0.2, -0.15) is 0 Å². The topological polar surface area (TPSA) is 32.3 Å². The van der Waals surface area contributed by atoms with Crippen LogP contribution in [0.3, 0.4) is 0 Å². The Hall–Kier alpha value is -1.16.